The number of benzene rings is 1. The Balaban J connectivity index is 1.34. The number of ether oxygens (including phenoxy) is 5. The van der Waals surface area contributed by atoms with Gasteiger partial charge in [-0.3, -0.25) is 10.1 Å². The Hall–Kier alpha value is -2.28. The highest BCUT2D eigenvalue weighted by Crippen LogP contribution is 2.46. The molecule has 2 saturated heterocycles. The van der Waals surface area contributed by atoms with Crippen molar-refractivity contribution >= 4 is 17.7 Å². The van der Waals surface area contributed by atoms with E-state index in [-0.39, 0.29) is 13.0 Å². The van der Waals surface area contributed by atoms with E-state index in [1.54, 1.807) is 24.3 Å². The van der Waals surface area contributed by atoms with E-state index in [1.807, 2.05) is 13.8 Å². The van der Waals surface area contributed by atoms with Crippen molar-refractivity contribution in [1.82, 2.24) is 10.6 Å². The van der Waals surface area contributed by atoms with Crippen molar-refractivity contribution < 1.29 is 38.4 Å². The van der Waals surface area contributed by atoms with Crippen molar-refractivity contribution in [1.29, 1.82) is 0 Å². The van der Waals surface area contributed by atoms with Crippen LogP contribution in [-0.4, -0.2) is 85.9 Å². The molecular weight excluding hydrogens is 614 g/mol. The number of carbonyl (C=O) groups excluding carboxylic acids is 1. The van der Waals surface area contributed by atoms with Crippen molar-refractivity contribution in [3.8, 4) is 0 Å². The zero-order valence-electron chi connectivity index (χ0n) is 29.6. The van der Waals surface area contributed by atoms with Crippen LogP contribution in [0.3, 0.4) is 0 Å². The molecule has 2 heterocycles. The molecule has 1 aromatic carbocycles. The lowest BCUT2D eigenvalue weighted by molar-refractivity contribution is -0.277. The molecule has 4 rings (SSSR count). The van der Waals surface area contributed by atoms with Crippen LogP contribution in [0.2, 0.25) is 0 Å². The number of hydrogen-bond donors (Lipinski definition) is 4. The third-order valence-corrected chi connectivity index (χ3v) is 9.46. The van der Waals surface area contributed by atoms with E-state index in [0.29, 0.717) is 30.4 Å². The monoisotopic (exact) mass is 675 g/mol. The van der Waals surface area contributed by atoms with Gasteiger partial charge in [-0.05, 0) is 50.8 Å². The van der Waals surface area contributed by atoms with Gasteiger partial charge in [-0.15, -0.1) is 0 Å². The summed E-state index contributed by atoms with van der Waals surface area (Å²) < 4.78 is 31.6. The molecule has 0 aromatic heterocycles. The van der Waals surface area contributed by atoms with Crippen molar-refractivity contribution in [2.24, 2.45) is 0 Å². The van der Waals surface area contributed by atoms with Crippen molar-refractivity contribution in [3.63, 3.8) is 0 Å². The summed E-state index contributed by atoms with van der Waals surface area (Å²) in [6.07, 6.45) is 14.7. The largest absolute Gasteiger partial charge is 0.481 e. The van der Waals surface area contributed by atoms with E-state index in [4.69, 9.17) is 28.8 Å². The van der Waals surface area contributed by atoms with Crippen LogP contribution in [0.4, 0.5) is 10.5 Å². The lowest BCUT2D eigenvalue weighted by Crippen LogP contribution is -2.46. The number of anilines is 1. The minimum Gasteiger partial charge on any atom is -0.481 e. The lowest BCUT2D eigenvalue weighted by atomic mass is 10.1. The first kappa shape index (κ1) is 38.5. The van der Waals surface area contributed by atoms with Gasteiger partial charge in [0.05, 0.1) is 6.42 Å². The van der Waals surface area contributed by atoms with Gasteiger partial charge < -0.3 is 39.4 Å². The molecule has 1 aliphatic carbocycles. The molecule has 0 bridgehead atoms. The quantitative estimate of drug-likeness (QED) is 0.0840. The summed E-state index contributed by atoms with van der Waals surface area (Å²) in [5.74, 6) is -3.08. The van der Waals surface area contributed by atoms with Crippen LogP contribution in [0.5, 0.6) is 0 Å². The van der Waals surface area contributed by atoms with Crippen LogP contribution < -0.4 is 16.0 Å². The zero-order valence-corrected chi connectivity index (χ0v) is 29.6. The van der Waals surface area contributed by atoms with Crippen LogP contribution in [-0.2, 0) is 34.9 Å². The van der Waals surface area contributed by atoms with Gasteiger partial charge in [0.2, 0.25) is 5.79 Å². The summed E-state index contributed by atoms with van der Waals surface area (Å²) in [6.45, 7) is 8.70. The third kappa shape index (κ3) is 12.6. The highest BCUT2D eigenvalue weighted by molar-refractivity contribution is 5.85. The number of carbonyl (C=O) groups is 2. The molecule has 0 radical (unpaired) electrons. The number of fused-ring (bicyclic) bond motifs is 1. The number of hydrogen-bond acceptors (Lipinski definition) is 9. The summed E-state index contributed by atoms with van der Waals surface area (Å²) >= 11 is 0. The fourth-order valence-electron chi connectivity index (χ4n) is 7.06. The Kier molecular flexibility index (Phi) is 15.9. The van der Waals surface area contributed by atoms with E-state index in [9.17, 15) is 9.59 Å². The second-order valence-electron chi connectivity index (χ2n) is 14.1. The van der Waals surface area contributed by atoms with Crippen LogP contribution in [0.1, 0.15) is 116 Å². The molecule has 3 fully saturated rings. The molecule has 4 atom stereocenters. The zero-order chi connectivity index (χ0) is 34.2. The lowest BCUT2D eigenvalue weighted by Gasteiger charge is -2.28. The van der Waals surface area contributed by atoms with Crippen LogP contribution in [0, 0.1) is 0 Å². The second-order valence-corrected chi connectivity index (χ2v) is 14.1. The maximum absolute atomic E-state index is 13.2. The summed E-state index contributed by atoms with van der Waals surface area (Å²) in [5, 5.41) is 19.0. The van der Waals surface area contributed by atoms with Gasteiger partial charge in [0.1, 0.15) is 12.7 Å². The number of carboxylic acid groups (broad SMARTS) is 1. The summed E-state index contributed by atoms with van der Waals surface area (Å²) in [7, 11) is 0. The molecule has 48 heavy (non-hydrogen) atoms. The summed E-state index contributed by atoms with van der Waals surface area (Å²) in [4.78, 5) is 24.3. The maximum atomic E-state index is 13.2. The molecule has 2 aliphatic heterocycles. The molecule has 1 amide bonds. The predicted octanol–water partition coefficient (Wildman–Crippen LogP) is 6.54. The molecule has 1 saturated carbocycles. The summed E-state index contributed by atoms with van der Waals surface area (Å²) in [5.41, 5.74) is 1.14. The van der Waals surface area contributed by atoms with Crippen LogP contribution in [0.15, 0.2) is 24.3 Å². The first-order valence-electron chi connectivity index (χ1n) is 18.6. The van der Waals surface area contributed by atoms with Crippen LogP contribution >= 0.6 is 0 Å². The van der Waals surface area contributed by atoms with Gasteiger partial charge in [-0.1, -0.05) is 89.7 Å². The molecule has 272 valence electrons. The Morgan fingerprint density at radius 3 is 2.29 bits per heavy atom. The predicted molar refractivity (Wildman–Crippen MR) is 185 cm³/mol. The number of unbranched alkanes of at least 4 members (excludes halogenated alkanes) is 7. The highest BCUT2D eigenvalue weighted by Gasteiger charge is 2.66. The van der Waals surface area contributed by atoms with Gasteiger partial charge in [0, 0.05) is 38.0 Å². The smallest absolute Gasteiger partial charge is 0.412 e. The Morgan fingerprint density at radius 1 is 0.917 bits per heavy atom. The van der Waals surface area contributed by atoms with Gasteiger partial charge in [0.25, 0.3) is 0 Å². The Bertz CT molecular complexity index is 1090. The second kappa shape index (κ2) is 19.8. The van der Waals surface area contributed by atoms with Crippen molar-refractivity contribution in [2.45, 2.75) is 153 Å². The molecule has 0 spiro atoms. The third-order valence-electron chi connectivity index (χ3n) is 9.46. The molecule has 3 aliphatic rings. The molecule has 11 heteroatoms. The molecular formula is C37H61N3O8. The Labute approximate surface area is 287 Å². The number of aliphatic carboxylic acids is 1. The van der Waals surface area contributed by atoms with Gasteiger partial charge >= 0.3 is 12.1 Å². The van der Waals surface area contributed by atoms with E-state index in [1.165, 1.54) is 77.0 Å². The molecule has 0 unspecified atom stereocenters. The number of carboxylic acids is 1. The maximum Gasteiger partial charge on any atom is 0.412 e. The first-order chi connectivity index (χ1) is 23.2. The minimum atomic E-state index is -1.21. The number of rotatable bonds is 21. The normalized spacial score (nSPS) is 25.4. The van der Waals surface area contributed by atoms with Crippen molar-refractivity contribution in [3.05, 3.63) is 29.8 Å². The van der Waals surface area contributed by atoms with E-state index < -0.39 is 41.9 Å². The Morgan fingerprint density at radius 2 is 1.60 bits per heavy atom. The topological polar surface area (TPSA) is 137 Å². The number of nitrogens with one attached hydrogen (secondary N) is 3. The molecule has 4 N–H and O–H groups in total. The van der Waals surface area contributed by atoms with Gasteiger partial charge in [-0.2, -0.15) is 0 Å². The molecule has 11 nitrogen and oxygen atoms in total. The average molecular weight is 676 g/mol. The SMILES string of the molecule is CCCCCCCCCCOC[C@@]12O[C@@H](CNCCNC3CCCCCC3)[C@@H](OC(=O)Nc3ccc(CC(=O)O)cc3)[C@@H]1OC(C)(C)O2. The fraction of sp³-hybridized carbons (Fsp3) is 0.784. The fourth-order valence-corrected chi connectivity index (χ4v) is 7.06. The highest BCUT2D eigenvalue weighted by atomic mass is 16.9. The van der Waals surface area contributed by atoms with Gasteiger partial charge in [0.15, 0.2) is 18.0 Å². The number of amides is 1. The minimum absolute atomic E-state index is 0.0903. The van der Waals surface area contributed by atoms with Crippen LogP contribution in [0.25, 0.3) is 0 Å². The van der Waals surface area contributed by atoms with E-state index >= 15 is 0 Å². The van der Waals surface area contributed by atoms with E-state index in [2.05, 4.69) is 22.9 Å². The average Bonchev–Trinajstić information content (AvgIpc) is 3.28. The van der Waals surface area contributed by atoms with E-state index in [0.717, 1.165) is 25.9 Å². The first-order valence-corrected chi connectivity index (χ1v) is 18.6. The van der Waals surface area contributed by atoms with Crippen molar-refractivity contribution in [2.75, 3.05) is 38.2 Å². The standard InChI is InChI=1S/C37H61N3O8/c1-4-5-6-7-8-9-12-15-24-44-27-37-34(47-36(2,3)48-37)33(45-35(43)40-30-20-18-28(19-21-30)25-32(41)42)31(46-37)26-38-22-23-39-29-16-13-10-11-14-17-29/h18-21,29,31,33-34,38-39H,4-17,22-27H2,1-3H3,(H,40,43)(H,41,42)/t31-,33+,34-,37-/m0/s1. The molecule has 1 aromatic rings. The summed E-state index contributed by atoms with van der Waals surface area (Å²) in [6, 6.07) is 7.23. The van der Waals surface area contributed by atoms with Gasteiger partial charge in [-0.25, -0.2) is 4.79 Å².